The summed E-state index contributed by atoms with van der Waals surface area (Å²) in [6.45, 7) is 3.08. The number of pyridine rings is 1. The minimum Gasteiger partial charge on any atom is -0.492 e. The van der Waals surface area contributed by atoms with Gasteiger partial charge in [0.15, 0.2) is 11.6 Å². The Balaban J connectivity index is 0.00000225. The molecule has 2 fully saturated rings. The molecule has 0 amide bonds. The van der Waals surface area contributed by atoms with E-state index in [1.807, 2.05) is 11.8 Å². The van der Waals surface area contributed by atoms with Gasteiger partial charge in [0.25, 0.3) is 0 Å². The van der Waals surface area contributed by atoms with Crippen LogP contribution in [0.2, 0.25) is 0 Å². The molecule has 0 bridgehead atoms. The van der Waals surface area contributed by atoms with Crippen molar-refractivity contribution in [3.05, 3.63) is 33.9 Å². The van der Waals surface area contributed by atoms with E-state index >= 15 is 4.39 Å². The summed E-state index contributed by atoms with van der Waals surface area (Å²) >= 11 is 0. The van der Waals surface area contributed by atoms with Gasteiger partial charge in [0, 0.05) is 31.4 Å². The van der Waals surface area contributed by atoms with Crippen LogP contribution in [0.15, 0.2) is 17.1 Å². The third-order valence-electron chi connectivity index (χ3n) is 5.56. The number of fused-ring (bicyclic) bond motifs is 1. The standard InChI is InChI=1S/C19H22FN3O4.ClH/c1-9-6-22(8-14(9)21)16-13(20)5-11-15(18(16)27-2)23(10-3-4-10)7-12(17(11)24)19(25)26;/h5,7,9-10,14H,3-4,6,8,21H2,1-2H3,(H,25,26);1H/t9-,14-;/m1./s1. The summed E-state index contributed by atoms with van der Waals surface area (Å²) < 4.78 is 22.4. The first kappa shape index (κ1) is 20.4. The predicted octanol–water partition coefficient (Wildman–Crippen LogP) is 2.39. The number of hydrogen-bond donors (Lipinski definition) is 2. The van der Waals surface area contributed by atoms with Crippen LogP contribution in [0, 0.1) is 11.7 Å². The summed E-state index contributed by atoms with van der Waals surface area (Å²) in [5.74, 6) is -1.47. The van der Waals surface area contributed by atoms with Crippen molar-refractivity contribution in [2.45, 2.75) is 31.8 Å². The van der Waals surface area contributed by atoms with Crippen molar-refractivity contribution in [3.8, 4) is 5.75 Å². The largest absolute Gasteiger partial charge is 0.492 e. The lowest BCUT2D eigenvalue weighted by atomic mass is 10.1. The van der Waals surface area contributed by atoms with Gasteiger partial charge in [0.05, 0.1) is 18.0 Å². The minimum atomic E-state index is -1.32. The van der Waals surface area contributed by atoms with Crippen LogP contribution in [0.5, 0.6) is 5.75 Å². The summed E-state index contributed by atoms with van der Waals surface area (Å²) in [7, 11) is 1.43. The average Bonchev–Trinajstić information content (AvgIpc) is 3.40. The smallest absolute Gasteiger partial charge is 0.341 e. The fourth-order valence-electron chi connectivity index (χ4n) is 3.90. The molecule has 1 saturated carbocycles. The van der Waals surface area contributed by atoms with Crippen molar-refractivity contribution in [2.75, 3.05) is 25.1 Å². The molecular weight excluding hydrogens is 389 g/mol. The average molecular weight is 412 g/mol. The van der Waals surface area contributed by atoms with E-state index in [2.05, 4.69) is 0 Å². The van der Waals surface area contributed by atoms with Gasteiger partial charge in [-0.1, -0.05) is 6.92 Å². The lowest BCUT2D eigenvalue weighted by Gasteiger charge is -2.24. The number of carbonyl (C=O) groups is 1. The van der Waals surface area contributed by atoms with Crippen molar-refractivity contribution in [1.82, 2.24) is 4.57 Å². The molecule has 1 aromatic heterocycles. The Morgan fingerprint density at radius 3 is 2.54 bits per heavy atom. The third-order valence-corrected chi connectivity index (χ3v) is 5.56. The van der Waals surface area contributed by atoms with Crippen LogP contribution in [0.25, 0.3) is 10.9 Å². The highest BCUT2D eigenvalue weighted by Gasteiger charge is 2.34. The predicted molar refractivity (Wildman–Crippen MR) is 107 cm³/mol. The SMILES string of the molecule is COc1c(N2C[C@@H](C)[C@H](N)C2)c(F)cc2c(=O)c(C(=O)O)cn(C3CC3)c12.Cl. The number of methoxy groups -OCH3 is 1. The topological polar surface area (TPSA) is 97.8 Å². The normalized spacial score (nSPS) is 21.6. The van der Waals surface area contributed by atoms with Gasteiger partial charge in [-0.05, 0) is 24.8 Å². The summed E-state index contributed by atoms with van der Waals surface area (Å²) in [5.41, 5.74) is 5.76. The van der Waals surface area contributed by atoms with E-state index in [1.54, 1.807) is 4.57 Å². The molecule has 28 heavy (non-hydrogen) atoms. The Hall–Kier alpha value is -2.32. The highest BCUT2D eigenvalue weighted by molar-refractivity contribution is 5.97. The first-order valence-corrected chi connectivity index (χ1v) is 9.02. The van der Waals surface area contributed by atoms with Crippen LogP contribution in [0.3, 0.4) is 0 Å². The highest BCUT2D eigenvalue weighted by atomic mass is 35.5. The Morgan fingerprint density at radius 1 is 1.36 bits per heavy atom. The van der Waals surface area contributed by atoms with Crippen molar-refractivity contribution in [2.24, 2.45) is 11.7 Å². The summed E-state index contributed by atoms with van der Waals surface area (Å²) in [4.78, 5) is 26.0. The number of hydrogen-bond acceptors (Lipinski definition) is 5. The van der Waals surface area contributed by atoms with E-state index in [-0.39, 0.29) is 52.8 Å². The lowest BCUT2D eigenvalue weighted by molar-refractivity contribution is 0.0695. The fraction of sp³-hybridized carbons (Fsp3) is 0.474. The molecular formula is C19H23ClFN3O4. The van der Waals surface area contributed by atoms with Crippen LogP contribution in [0.4, 0.5) is 10.1 Å². The molecule has 0 unspecified atom stereocenters. The molecule has 2 aromatic rings. The van der Waals surface area contributed by atoms with Gasteiger partial charge in [-0.2, -0.15) is 0 Å². The molecule has 0 spiro atoms. The van der Waals surface area contributed by atoms with Gasteiger partial charge in [0.2, 0.25) is 5.43 Å². The molecule has 1 aromatic carbocycles. The zero-order chi connectivity index (χ0) is 19.5. The maximum Gasteiger partial charge on any atom is 0.341 e. The number of halogens is 2. The van der Waals surface area contributed by atoms with Crippen molar-refractivity contribution < 1.29 is 19.0 Å². The molecule has 1 aliphatic carbocycles. The van der Waals surface area contributed by atoms with E-state index in [1.165, 1.54) is 13.3 Å². The maximum atomic E-state index is 15.1. The van der Waals surface area contributed by atoms with Crippen LogP contribution in [-0.2, 0) is 0 Å². The molecule has 152 valence electrons. The van der Waals surface area contributed by atoms with Gasteiger partial charge >= 0.3 is 5.97 Å². The van der Waals surface area contributed by atoms with E-state index < -0.39 is 17.2 Å². The number of anilines is 1. The van der Waals surface area contributed by atoms with E-state index in [9.17, 15) is 14.7 Å². The third kappa shape index (κ3) is 3.10. The molecule has 1 aliphatic heterocycles. The number of ether oxygens (including phenoxy) is 1. The zero-order valence-corrected chi connectivity index (χ0v) is 16.5. The Labute approximate surface area is 167 Å². The second kappa shape index (κ2) is 7.25. The van der Waals surface area contributed by atoms with Crippen LogP contribution in [0.1, 0.15) is 36.2 Å². The first-order chi connectivity index (χ1) is 12.8. The molecule has 1 saturated heterocycles. The highest BCUT2D eigenvalue weighted by Crippen LogP contribution is 2.44. The van der Waals surface area contributed by atoms with Crippen molar-refractivity contribution in [1.29, 1.82) is 0 Å². The van der Waals surface area contributed by atoms with Crippen LogP contribution < -0.4 is 20.8 Å². The van der Waals surface area contributed by atoms with E-state index in [0.29, 0.717) is 18.6 Å². The van der Waals surface area contributed by atoms with Gasteiger partial charge in [-0.3, -0.25) is 4.79 Å². The first-order valence-electron chi connectivity index (χ1n) is 9.02. The number of nitrogens with zero attached hydrogens (tertiary/aromatic N) is 2. The summed E-state index contributed by atoms with van der Waals surface area (Å²) in [6, 6.07) is 1.14. The Morgan fingerprint density at radius 2 is 2.04 bits per heavy atom. The molecule has 0 radical (unpaired) electrons. The summed E-state index contributed by atoms with van der Waals surface area (Å²) in [6.07, 6.45) is 3.10. The molecule has 2 aliphatic rings. The lowest BCUT2D eigenvalue weighted by Crippen LogP contribution is -2.29. The minimum absolute atomic E-state index is 0. The fourth-order valence-corrected chi connectivity index (χ4v) is 3.90. The zero-order valence-electron chi connectivity index (χ0n) is 15.6. The van der Waals surface area contributed by atoms with Gasteiger partial charge < -0.3 is 25.0 Å². The number of aromatic nitrogens is 1. The number of aromatic carboxylic acids is 1. The maximum absolute atomic E-state index is 15.1. The Kier molecular flexibility index (Phi) is 5.29. The molecule has 3 N–H and O–H groups in total. The van der Waals surface area contributed by atoms with E-state index in [0.717, 1.165) is 18.9 Å². The quantitative estimate of drug-likeness (QED) is 0.801. The molecule has 9 heteroatoms. The Bertz CT molecular complexity index is 995. The number of nitrogens with two attached hydrogens (primary N) is 1. The molecule has 2 heterocycles. The molecule has 7 nitrogen and oxygen atoms in total. The van der Waals surface area contributed by atoms with Crippen LogP contribution in [-0.4, -0.2) is 41.9 Å². The van der Waals surface area contributed by atoms with Gasteiger partial charge in [-0.15, -0.1) is 12.4 Å². The monoisotopic (exact) mass is 411 g/mol. The van der Waals surface area contributed by atoms with Crippen molar-refractivity contribution in [3.63, 3.8) is 0 Å². The second-order valence-corrected chi connectivity index (χ2v) is 7.50. The summed E-state index contributed by atoms with van der Waals surface area (Å²) in [5, 5.41) is 9.40. The molecule has 4 rings (SSSR count). The number of benzene rings is 1. The second-order valence-electron chi connectivity index (χ2n) is 7.50. The van der Waals surface area contributed by atoms with E-state index in [4.69, 9.17) is 10.5 Å². The van der Waals surface area contributed by atoms with Crippen molar-refractivity contribution >= 4 is 35.0 Å². The number of rotatable bonds is 4. The number of carboxylic acid groups (broad SMARTS) is 1. The van der Waals surface area contributed by atoms with Gasteiger partial charge in [-0.25, -0.2) is 9.18 Å². The van der Waals surface area contributed by atoms with Crippen LogP contribution >= 0.6 is 12.4 Å². The van der Waals surface area contributed by atoms with Gasteiger partial charge in [0.1, 0.15) is 11.3 Å². The number of carboxylic acids is 1. The molecule has 2 atom stereocenters.